The van der Waals surface area contributed by atoms with Gasteiger partial charge < -0.3 is 24.1 Å². The molecule has 5 rings (SSSR count). The Hall–Kier alpha value is -1.23. The van der Waals surface area contributed by atoms with Crippen LogP contribution in [0, 0.1) is 35.0 Å². The van der Waals surface area contributed by atoms with E-state index in [1.807, 2.05) is 0 Å². The van der Waals surface area contributed by atoms with Crippen LogP contribution in [0.15, 0.2) is 23.6 Å². The lowest BCUT2D eigenvalue weighted by Crippen LogP contribution is -2.44. The first kappa shape index (κ1) is 28.3. The van der Waals surface area contributed by atoms with E-state index in [1.165, 1.54) is 6.42 Å². The summed E-state index contributed by atoms with van der Waals surface area (Å²) >= 11 is 0. The standard InChI is InChI=1S/C32H47FO5/c1-2-3-6-14-32(15-9-16-32)29(38-31-11-5-8-18-36-31)13-12-25-26-20-24(27(33)22-34)19-23(26)21-28(25)37-30-10-4-7-17-35-30/h12-13,23,25-26,28-31,34H,2,4-5,7-11,14-22H2,1H3/b13-12+,27-24+/t23-,25+,26-,28+,29+,30?,31+/m0/s1. The zero-order chi connectivity index (χ0) is 26.4. The molecule has 6 heteroatoms. The SMILES string of the molecule is CCC#CCC1([C@@H](/C=C/[C@@H]2[C@H]3C/C(=C(/F)CO)C[C@H]3C[C@H]2OC2CCCCO2)O[C@@H]2CCCCO2)CCC1. The van der Waals surface area contributed by atoms with Crippen LogP contribution >= 0.6 is 0 Å². The molecule has 5 aliphatic rings. The molecule has 38 heavy (non-hydrogen) atoms. The van der Waals surface area contributed by atoms with E-state index < -0.39 is 6.61 Å². The Morgan fingerprint density at radius 3 is 2.47 bits per heavy atom. The highest BCUT2D eigenvalue weighted by Crippen LogP contribution is 2.53. The molecular weight excluding hydrogens is 483 g/mol. The van der Waals surface area contributed by atoms with Gasteiger partial charge in [0.25, 0.3) is 0 Å². The molecule has 5 nitrogen and oxygen atoms in total. The van der Waals surface area contributed by atoms with E-state index in [0.29, 0.717) is 18.3 Å². The summed E-state index contributed by atoms with van der Waals surface area (Å²) < 4.78 is 39.6. The molecule has 0 radical (unpaired) electrons. The minimum Gasteiger partial charge on any atom is -0.389 e. The number of fused-ring (bicyclic) bond motifs is 1. The first-order valence-electron chi connectivity index (χ1n) is 15.3. The Bertz CT molecular complexity index is 887. The van der Waals surface area contributed by atoms with Crippen molar-refractivity contribution in [3.8, 4) is 11.8 Å². The molecule has 2 heterocycles. The Morgan fingerprint density at radius 2 is 1.84 bits per heavy atom. The van der Waals surface area contributed by atoms with Gasteiger partial charge in [0.1, 0.15) is 5.83 Å². The summed E-state index contributed by atoms with van der Waals surface area (Å²) in [4.78, 5) is 0. The van der Waals surface area contributed by atoms with E-state index in [-0.39, 0.29) is 41.9 Å². The highest BCUT2D eigenvalue weighted by atomic mass is 19.1. The van der Waals surface area contributed by atoms with Gasteiger partial charge in [-0.25, -0.2) is 4.39 Å². The van der Waals surface area contributed by atoms with Gasteiger partial charge in [0.05, 0.1) is 18.8 Å². The molecule has 0 aromatic carbocycles. The number of hydrogen-bond acceptors (Lipinski definition) is 5. The summed E-state index contributed by atoms with van der Waals surface area (Å²) in [5.74, 6) is 7.23. The molecule has 2 saturated heterocycles. The fourth-order valence-corrected chi connectivity index (χ4v) is 7.36. The van der Waals surface area contributed by atoms with Crippen LogP contribution < -0.4 is 0 Å². The van der Waals surface area contributed by atoms with E-state index in [9.17, 15) is 9.50 Å². The van der Waals surface area contributed by atoms with Gasteiger partial charge in [-0.3, -0.25) is 0 Å². The van der Waals surface area contributed by atoms with E-state index in [1.54, 1.807) is 0 Å². The minimum absolute atomic E-state index is 0.0318. The smallest absolute Gasteiger partial charge is 0.158 e. The zero-order valence-corrected chi connectivity index (χ0v) is 23.2. The fourth-order valence-electron chi connectivity index (χ4n) is 7.36. The van der Waals surface area contributed by atoms with Crippen molar-refractivity contribution in [2.24, 2.45) is 23.2 Å². The minimum atomic E-state index is -0.496. The monoisotopic (exact) mass is 530 g/mol. The van der Waals surface area contributed by atoms with Crippen molar-refractivity contribution in [3.05, 3.63) is 23.6 Å². The van der Waals surface area contributed by atoms with E-state index >= 15 is 0 Å². The summed E-state index contributed by atoms with van der Waals surface area (Å²) in [5.41, 5.74) is 0.825. The predicted octanol–water partition coefficient (Wildman–Crippen LogP) is 6.60. The fraction of sp³-hybridized carbons (Fsp3) is 0.812. The van der Waals surface area contributed by atoms with Crippen molar-refractivity contribution < 1.29 is 28.4 Å². The Labute approximate surface area is 228 Å². The molecule has 0 amide bonds. The van der Waals surface area contributed by atoms with Crippen molar-refractivity contribution in [2.75, 3.05) is 19.8 Å². The van der Waals surface area contributed by atoms with Crippen molar-refractivity contribution >= 4 is 0 Å². The van der Waals surface area contributed by atoms with Crippen molar-refractivity contribution in [3.63, 3.8) is 0 Å². The number of aliphatic hydroxyl groups excluding tert-OH is 1. The van der Waals surface area contributed by atoms with Gasteiger partial charge >= 0.3 is 0 Å². The first-order valence-corrected chi connectivity index (χ1v) is 15.3. The Balaban J connectivity index is 1.37. The highest BCUT2D eigenvalue weighted by Gasteiger charge is 2.49. The van der Waals surface area contributed by atoms with Gasteiger partial charge in [0, 0.05) is 37.4 Å². The van der Waals surface area contributed by atoms with Crippen molar-refractivity contribution in [1.29, 1.82) is 0 Å². The Morgan fingerprint density at radius 1 is 1.08 bits per heavy atom. The van der Waals surface area contributed by atoms with Crippen molar-refractivity contribution in [2.45, 2.75) is 122 Å². The largest absolute Gasteiger partial charge is 0.389 e. The van der Waals surface area contributed by atoms with Gasteiger partial charge in [0.15, 0.2) is 12.6 Å². The third kappa shape index (κ3) is 6.56. The molecule has 0 spiro atoms. The molecule has 1 unspecified atom stereocenters. The normalized spacial score (nSPS) is 36.8. The van der Waals surface area contributed by atoms with E-state index in [2.05, 4.69) is 30.9 Å². The average Bonchev–Trinajstić information content (AvgIpc) is 3.47. The van der Waals surface area contributed by atoms with Crippen LogP contribution in [0.3, 0.4) is 0 Å². The lowest BCUT2D eigenvalue weighted by Gasteiger charge is -2.47. The summed E-state index contributed by atoms with van der Waals surface area (Å²) in [5, 5.41) is 9.41. The summed E-state index contributed by atoms with van der Waals surface area (Å²) in [7, 11) is 0. The van der Waals surface area contributed by atoms with E-state index in [4.69, 9.17) is 18.9 Å². The van der Waals surface area contributed by atoms with E-state index in [0.717, 1.165) is 95.8 Å². The van der Waals surface area contributed by atoms with Gasteiger partial charge in [-0.05, 0) is 88.0 Å². The summed E-state index contributed by atoms with van der Waals surface area (Å²) in [6.45, 7) is 3.13. The molecule has 2 aliphatic heterocycles. The number of rotatable bonds is 9. The maximum absolute atomic E-state index is 14.4. The predicted molar refractivity (Wildman–Crippen MR) is 145 cm³/mol. The molecule has 3 saturated carbocycles. The van der Waals surface area contributed by atoms with Crippen LogP contribution in [-0.4, -0.2) is 49.7 Å². The number of allylic oxidation sites excluding steroid dienone is 1. The summed E-state index contributed by atoms with van der Waals surface area (Å²) in [6.07, 6.45) is 18.2. The zero-order valence-electron chi connectivity index (χ0n) is 23.2. The highest BCUT2D eigenvalue weighted by molar-refractivity contribution is 5.21. The first-order chi connectivity index (χ1) is 18.6. The van der Waals surface area contributed by atoms with Crippen molar-refractivity contribution in [1.82, 2.24) is 0 Å². The maximum Gasteiger partial charge on any atom is 0.158 e. The van der Waals surface area contributed by atoms with Crippen LogP contribution in [0.2, 0.25) is 0 Å². The average molecular weight is 531 g/mol. The second-order valence-electron chi connectivity index (χ2n) is 12.1. The molecule has 5 fully saturated rings. The second-order valence-corrected chi connectivity index (χ2v) is 12.1. The third-order valence-electron chi connectivity index (χ3n) is 9.68. The van der Waals surface area contributed by atoms with Gasteiger partial charge in [-0.2, -0.15) is 0 Å². The molecule has 212 valence electrons. The number of halogens is 1. The molecule has 7 atom stereocenters. The molecule has 1 N–H and O–H groups in total. The van der Waals surface area contributed by atoms with Crippen LogP contribution in [0.4, 0.5) is 4.39 Å². The quantitative estimate of drug-likeness (QED) is 0.269. The molecule has 0 aromatic rings. The van der Waals surface area contributed by atoms with Gasteiger partial charge in [0.2, 0.25) is 0 Å². The molecular formula is C32H47FO5. The molecule has 0 aromatic heterocycles. The van der Waals surface area contributed by atoms with Crippen LogP contribution in [-0.2, 0) is 18.9 Å². The van der Waals surface area contributed by atoms with Gasteiger partial charge in [-0.15, -0.1) is 11.8 Å². The van der Waals surface area contributed by atoms with Gasteiger partial charge in [-0.1, -0.05) is 25.5 Å². The molecule has 0 bridgehead atoms. The lowest BCUT2D eigenvalue weighted by molar-refractivity contribution is -0.209. The third-order valence-corrected chi connectivity index (χ3v) is 9.68. The lowest BCUT2D eigenvalue weighted by atomic mass is 9.63. The van der Waals surface area contributed by atoms with Crippen LogP contribution in [0.25, 0.3) is 0 Å². The second kappa shape index (κ2) is 13.4. The summed E-state index contributed by atoms with van der Waals surface area (Å²) in [6, 6.07) is 0. The van der Waals surface area contributed by atoms with Crippen LogP contribution in [0.1, 0.15) is 96.8 Å². The maximum atomic E-state index is 14.4. The topological polar surface area (TPSA) is 57.2 Å². The number of ether oxygens (including phenoxy) is 4. The number of aliphatic hydroxyl groups is 1. The van der Waals surface area contributed by atoms with Crippen LogP contribution in [0.5, 0.6) is 0 Å². The number of hydrogen-bond donors (Lipinski definition) is 1. The molecule has 3 aliphatic carbocycles. The Kier molecular flexibility index (Phi) is 9.99.